The first kappa shape index (κ1) is 29.4. The molecule has 0 aliphatic heterocycles. The molecule has 0 saturated heterocycles. The zero-order chi connectivity index (χ0) is 24.3. The summed E-state index contributed by atoms with van der Waals surface area (Å²) in [6.45, 7) is 5.61. The van der Waals surface area contributed by atoms with Gasteiger partial charge >= 0.3 is 5.97 Å². The van der Waals surface area contributed by atoms with Crippen LogP contribution in [0.5, 0.6) is 5.75 Å². The minimum absolute atomic E-state index is 0. The Morgan fingerprint density at radius 2 is 1.71 bits per heavy atom. The minimum Gasteiger partial charge on any atom is -0.497 e. The number of hydrogen-bond donors (Lipinski definition) is 2. The molecule has 2 N–H and O–H groups in total. The second kappa shape index (κ2) is 14.6. The number of benzene rings is 2. The molecule has 1 atom stereocenters. The molecule has 0 heterocycles. The summed E-state index contributed by atoms with van der Waals surface area (Å²) in [6, 6.07) is 13.4. The number of ether oxygens (including phenoxy) is 2. The highest BCUT2D eigenvalue weighted by molar-refractivity contribution is 5.85. The Morgan fingerprint density at radius 1 is 1.06 bits per heavy atom. The van der Waals surface area contributed by atoms with E-state index >= 15 is 0 Å². The van der Waals surface area contributed by atoms with Crippen molar-refractivity contribution >= 4 is 24.3 Å². The molecule has 7 nitrogen and oxygen atoms in total. The summed E-state index contributed by atoms with van der Waals surface area (Å²) in [5.74, 6) is -0.224. The van der Waals surface area contributed by atoms with E-state index in [1.165, 1.54) is 12.1 Å². The largest absolute Gasteiger partial charge is 0.497 e. The minimum atomic E-state index is -1.10. The normalized spacial score (nSPS) is 12.4. The van der Waals surface area contributed by atoms with Gasteiger partial charge in [0.05, 0.1) is 20.3 Å². The molecule has 2 rings (SSSR count). The van der Waals surface area contributed by atoms with Crippen molar-refractivity contribution in [3.05, 3.63) is 65.5 Å². The van der Waals surface area contributed by atoms with E-state index in [1.54, 1.807) is 33.1 Å². The van der Waals surface area contributed by atoms with Gasteiger partial charge in [0.15, 0.2) is 0 Å². The molecule has 2 aromatic rings. The molecule has 0 spiro atoms. The third kappa shape index (κ3) is 8.59. The summed E-state index contributed by atoms with van der Waals surface area (Å²) in [4.78, 5) is 27.6. The first-order valence-electron chi connectivity index (χ1n) is 11.0. The Hall–Kier alpha value is -2.68. The number of hydrogen-bond acceptors (Lipinski definition) is 6. The molecular weight excluding hydrogens is 461 g/mol. The van der Waals surface area contributed by atoms with Gasteiger partial charge in [0.25, 0.3) is 0 Å². The van der Waals surface area contributed by atoms with Crippen LogP contribution in [0.4, 0.5) is 4.39 Å². The third-order valence-corrected chi connectivity index (χ3v) is 5.38. The standard InChI is InChI=1S/C25H34FN3O4.ClH/c1-5-33-24(31)25(2,20-8-10-21(26)11-9-20)18-29(17-23(30)28-15-14-27-3)16-19-6-12-22(32-4)13-7-19;/h6-13,27H,5,14-18H2,1-4H3,(H,28,30);1H. The number of halogens is 2. The number of rotatable bonds is 13. The van der Waals surface area contributed by atoms with Crippen LogP contribution >= 0.6 is 12.4 Å². The van der Waals surface area contributed by atoms with Gasteiger partial charge in [-0.3, -0.25) is 14.5 Å². The van der Waals surface area contributed by atoms with Gasteiger partial charge in [-0.1, -0.05) is 24.3 Å². The zero-order valence-corrected chi connectivity index (χ0v) is 21.0. The molecule has 0 aliphatic rings. The Labute approximate surface area is 207 Å². The van der Waals surface area contributed by atoms with Crippen LogP contribution in [0.2, 0.25) is 0 Å². The molecular formula is C25H35ClFN3O4. The molecule has 0 saturated carbocycles. The third-order valence-electron chi connectivity index (χ3n) is 5.38. The van der Waals surface area contributed by atoms with Crippen molar-refractivity contribution in [2.75, 3.05) is 46.9 Å². The van der Waals surface area contributed by atoms with Crippen molar-refractivity contribution in [2.24, 2.45) is 0 Å². The maximum Gasteiger partial charge on any atom is 0.317 e. The Kier molecular flexibility index (Phi) is 12.6. The summed E-state index contributed by atoms with van der Waals surface area (Å²) < 4.78 is 24.2. The van der Waals surface area contributed by atoms with Crippen molar-refractivity contribution in [3.63, 3.8) is 0 Å². The first-order chi connectivity index (χ1) is 15.8. The topological polar surface area (TPSA) is 79.9 Å². The fourth-order valence-electron chi connectivity index (χ4n) is 3.57. The van der Waals surface area contributed by atoms with E-state index in [1.807, 2.05) is 36.2 Å². The van der Waals surface area contributed by atoms with E-state index in [0.29, 0.717) is 25.2 Å². The molecule has 0 fully saturated rings. The molecule has 2 aromatic carbocycles. The maximum absolute atomic E-state index is 13.6. The average molecular weight is 496 g/mol. The maximum atomic E-state index is 13.6. The zero-order valence-electron chi connectivity index (χ0n) is 20.2. The monoisotopic (exact) mass is 495 g/mol. The van der Waals surface area contributed by atoms with Crippen LogP contribution in [0.3, 0.4) is 0 Å². The summed E-state index contributed by atoms with van der Waals surface area (Å²) in [7, 11) is 3.42. The van der Waals surface area contributed by atoms with Gasteiger partial charge in [0, 0.05) is 26.2 Å². The van der Waals surface area contributed by atoms with Crippen molar-refractivity contribution in [1.82, 2.24) is 15.5 Å². The van der Waals surface area contributed by atoms with Crippen molar-refractivity contribution in [3.8, 4) is 5.75 Å². The molecule has 0 bridgehead atoms. The number of carbonyl (C=O) groups excluding carboxylic acids is 2. The highest BCUT2D eigenvalue weighted by Gasteiger charge is 2.39. The molecule has 188 valence electrons. The van der Waals surface area contributed by atoms with Crippen LogP contribution in [0.1, 0.15) is 25.0 Å². The number of carbonyl (C=O) groups is 2. The summed E-state index contributed by atoms with van der Waals surface area (Å²) in [5.41, 5.74) is 0.489. The van der Waals surface area contributed by atoms with Gasteiger partial charge in [-0.2, -0.15) is 0 Å². The number of likely N-dealkylation sites (N-methyl/N-ethyl adjacent to an activating group) is 1. The van der Waals surface area contributed by atoms with Gasteiger partial charge in [-0.05, 0) is 56.3 Å². The molecule has 0 aliphatic carbocycles. The second-order valence-corrected chi connectivity index (χ2v) is 8.01. The van der Waals surface area contributed by atoms with Crippen LogP contribution in [0.15, 0.2) is 48.5 Å². The second-order valence-electron chi connectivity index (χ2n) is 8.01. The first-order valence-corrected chi connectivity index (χ1v) is 11.0. The Morgan fingerprint density at radius 3 is 2.26 bits per heavy atom. The lowest BCUT2D eigenvalue weighted by Gasteiger charge is -2.34. The molecule has 0 radical (unpaired) electrons. The lowest BCUT2D eigenvalue weighted by molar-refractivity contribution is -0.150. The van der Waals surface area contributed by atoms with Gasteiger partial charge in [-0.25, -0.2) is 4.39 Å². The number of nitrogens with one attached hydrogen (secondary N) is 2. The predicted octanol–water partition coefficient (Wildman–Crippen LogP) is 2.91. The van der Waals surface area contributed by atoms with Crippen LogP contribution in [0, 0.1) is 5.82 Å². The number of amides is 1. The predicted molar refractivity (Wildman–Crippen MR) is 133 cm³/mol. The molecule has 1 amide bonds. The molecule has 0 aromatic heterocycles. The molecule has 34 heavy (non-hydrogen) atoms. The van der Waals surface area contributed by atoms with Crippen molar-refractivity contribution < 1.29 is 23.5 Å². The highest BCUT2D eigenvalue weighted by atomic mass is 35.5. The number of esters is 1. The van der Waals surface area contributed by atoms with E-state index in [2.05, 4.69) is 10.6 Å². The van der Waals surface area contributed by atoms with Crippen molar-refractivity contribution in [2.45, 2.75) is 25.8 Å². The summed E-state index contributed by atoms with van der Waals surface area (Å²) in [5, 5.41) is 5.86. The number of nitrogens with zero attached hydrogens (tertiary/aromatic N) is 1. The fourth-order valence-corrected chi connectivity index (χ4v) is 3.57. The van der Waals surface area contributed by atoms with Gasteiger partial charge in [-0.15, -0.1) is 12.4 Å². The fraction of sp³-hybridized carbons (Fsp3) is 0.440. The Balaban J connectivity index is 0.00000578. The molecule has 9 heteroatoms. The average Bonchev–Trinajstić information content (AvgIpc) is 2.80. The lowest BCUT2D eigenvalue weighted by atomic mass is 9.81. The Bertz CT molecular complexity index is 896. The summed E-state index contributed by atoms with van der Waals surface area (Å²) in [6.07, 6.45) is 0. The highest BCUT2D eigenvalue weighted by Crippen LogP contribution is 2.28. The van der Waals surface area contributed by atoms with E-state index in [-0.39, 0.29) is 43.8 Å². The van der Waals surface area contributed by atoms with Crippen LogP contribution in [-0.4, -0.2) is 63.7 Å². The van der Waals surface area contributed by atoms with E-state index in [0.717, 1.165) is 11.3 Å². The molecule has 1 unspecified atom stereocenters. The van der Waals surface area contributed by atoms with Gasteiger partial charge in [0.1, 0.15) is 17.0 Å². The summed E-state index contributed by atoms with van der Waals surface area (Å²) >= 11 is 0. The van der Waals surface area contributed by atoms with Crippen LogP contribution in [0.25, 0.3) is 0 Å². The van der Waals surface area contributed by atoms with Gasteiger partial charge in [0.2, 0.25) is 5.91 Å². The lowest BCUT2D eigenvalue weighted by Crippen LogP contribution is -2.48. The quantitative estimate of drug-likeness (QED) is 0.328. The van der Waals surface area contributed by atoms with Crippen LogP contribution < -0.4 is 15.4 Å². The van der Waals surface area contributed by atoms with E-state index in [9.17, 15) is 14.0 Å². The SMILES string of the molecule is CCOC(=O)C(C)(CN(CC(=O)NCCNC)Cc1ccc(OC)cc1)c1ccc(F)cc1.Cl. The van der Waals surface area contributed by atoms with Gasteiger partial charge < -0.3 is 20.1 Å². The van der Waals surface area contributed by atoms with E-state index < -0.39 is 11.4 Å². The van der Waals surface area contributed by atoms with E-state index in [4.69, 9.17) is 9.47 Å². The van der Waals surface area contributed by atoms with Crippen LogP contribution in [-0.2, 0) is 26.3 Å². The number of methoxy groups -OCH3 is 1. The van der Waals surface area contributed by atoms with Crippen molar-refractivity contribution in [1.29, 1.82) is 0 Å². The smallest absolute Gasteiger partial charge is 0.317 e.